The Balaban J connectivity index is 1.16. The molecule has 0 unspecified atom stereocenters. The van der Waals surface area contributed by atoms with Crippen molar-refractivity contribution >= 4 is 23.9 Å². The van der Waals surface area contributed by atoms with Crippen molar-refractivity contribution in [2.24, 2.45) is 0 Å². The maximum Gasteiger partial charge on any atom is 0.338 e. The summed E-state index contributed by atoms with van der Waals surface area (Å²) in [7, 11) is 1.33. The van der Waals surface area contributed by atoms with Crippen LogP contribution >= 0.6 is 0 Å². The zero-order valence-corrected chi connectivity index (χ0v) is 42.1. The molecule has 10 atom stereocenters. The summed E-state index contributed by atoms with van der Waals surface area (Å²) in [6.07, 6.45) is -13.8. The van der Waals surface area contributed by atoms with Crippen molar-refractivity contribution in [2.45, 2.75) is 81.2 Å². The van der Waals surface area contributed by atoms with E-state index in [0.29, 0.717) is 0 Å². The number of hydrogen-bond donors (Lipinski definition) is 0. The van der Waals surface area contributed by atoms with E-state index in [1.807, 2.05) is 91.0 Å². The second kappa shape index (κ2) is 27.3. The first-order valence-corrected chi connectivity index (χ1v) is 25.2. The van der Waals surface area contributed by atoms with Crippen molar-refractivity contribution in [1.82, 2.24) is 0 Å². The van der Waals surface area contributed by atoms with Crippen molar-refractivity contribution in [1.29, 1.82) is 0 Å². The van der Waals surface area contributed by atoms with Gasteiger partial charge in [0.2, 0.25) is 0 Å². The molecule has 0 spiro atoms. The molecule has 0 amide bonds. The van der Waals surface area contributed by atoms with Crippen LogP contribution in [0.2, 0.25) is 0 Å². The molecular weight excluding hydrogens is 985 g/mol. The van der Waals surface area contributed by atoms with Gasteiger partial charge in [-0.15, -0.1) is 0 Å². The predicted molar refractivity (Wildman–Crippen MR) is 279 cm³/mol. The largest absolute Gasteiger partial charge is 0.459 e. The first-order chi connectivity index (χ1) is 37.8. The van der Waals surface area contributed by atoms with E-state index in [1.165, 1.54) is 7.11 Å². The molecule has 7 aromatic carbocycles. The normalized spacial score (nSPS) is 23.0. The molecule has 15 heteroatoms. The van der Waals surface area contributed by atoms with Gasteiger partial charge in [0, 0.05) is 7.11 Å². The van der Waals surface area contributed by atoms with E-state index < -0.39 is 91.9 Å². The minimum absolute atomic E-state index is 0.0232. The average Bonchev–Trinajstić information content (AvgIpc) is 3.53. The summed E-state index contributed by atoms with van der Waals surface area (Å²) < 4.78 is 71.8. The lowest BCUT2D eigenvalue weighted by Gasteiger charge is -2.49. The van der Waals surface area contributed by atoms with Crippen LogP contribution in [0, 0.1) is 0 Å². The van der Waals surface area contributed by atoms with E-state index in [0.717, 1.165) is 16.7 Å². The van der Waals surface area contributed by atoms with Gasteiger partial charge in [0.1, 0.15) is 37.1 Å². The molecule has 0 aromatic heterocycles. The summed E-state index contributed by atoms with van der Waals surface area (Å²) in [4.78, 5) is 56.7. The number of ether oxygens (including phenoxy) is 11. The molecule has 0 bridgehead atoms. The zero-order chi connectivity index (χ0) is 53.2. The van der Waals surface area contributed by atoms with Gasteiger partial charge >= 0.3 is 23.9 Å². The number of methoxy groups -OCH3 is 1. The molecule has 2 saturated heterocycles. The van der Waals surface area contributed by atoms with Crippen LogP contribution < -0.4 is 0 Å². The van der Waals surface area contributed by atoms with Gasteiger partial charge in [-0.3, -0.25) is 0 Å². The van der Waals surface area contributed by atoms with Crippen LogP contribution in [-0.2, 0) is 71.9 Å². The average molecular weight is 1040 g/mol. The second-order valence-electron chi connectivity index (χ2n) is 18.1. The van der Waals surface area contributed by atoms with Crippen LogP contribution in [0.5, 0.6) is 0 Å². The highest BCUT2D eigenvalue weighted by molar-refractivity contribution is 5.91. The number of carbonyl (C=O) groups excluding carboxylic acids is 4. The van der Waals surface area contributed by atoms with Gasteiger partial charge in [-0.1, -0.05) is 164 Å². The molecule has 2 fully saturated rings. The maximum absolute atomic E-state index is 14.5. The summed E-state index contributed by atoms with van der Waals surface area (Å²) >= 11 is 0. The number of benzene rings is 7. The smallest absolute Gasteiger partial charge is 0.338 e. The van der Waals surface area contributed by atoms with Crippen molar-refractivity contribution in [2.75, 3.05) is 20.3 Å². The van der Waals surface area contributed by atoms with E-state index in [-0.39, 0.29) is 48.7 Å². The van der Waals surface area contributed by atoms with Crippen LogP contribution in [-0.4, -0.2) is 106 Å². The Hall–Kier alpha value is -7.86. The highest BCUT2D eigenvalue weighted by Gasteiger charge is 2.57. The lowest BCUT2D eigenvalue weighted by molar-refractivity contribution is -0.362. The Morgan fingerprint density at radius 2 is 0.714 bits per heavy atom. The van der Waals surface area contributed by atoms with Gasteiger partial charge in [0.25, 0.3) is 0 Å². The quantitative estimate of drug-likeness (QED) is 0.0464. The molecule has 0 radical (unpaired) electrons. The summed E-state index contributed by atoms with van der Waals surface area (Å²) in [5, 5.41) is 0. The molecule has 15 nitrogen and oxygen atoms in total. The van der Waals surface area contributed by atoms with Crippen molar-refractivity contribution < 1.29 is 71.3 Å². The minimum Gasteiger partial charge on any atom is -0.459 e. The van der Waals surface area contributed by atoms with Crippen LogP contribution in [0.3, 0.4) is 0 Å². The topological polar surface area (TPSA) is 170 Å². The standard InChI is InChI=1S/C62H58O15/c1-67-61-56(76-60(66)48-35-21-8-22-36-48)54(74-58(64)46-31-17-6-18-32-46)52(50(72-61)41-71-57(63)45-29-15-5-16-30-45)77-62-55(75-59(65)47-33-19-7-20-34-47)53(70-39-44-27-13-4-14-28-44)51(69-38-43-25-11-3-12-26-43)49(73-62)40-68-37-42-23-9-2-10-24-42/h2-36,49-56,61-62H,37-41H2,1H3/t49-,50-,51-,52-,53+,54+,55-,56-,61+,62+/m1/s1. The molecule has 9 rings (SSSR count). The number of esters is 4. The fourth-order valence-corrected chi connectivity index (χ4v) is 8.93. The molecule has 0 aliphatic carbocycles. The fourth-order valence-electron chi connectivity index (χ4n) is 8.93. The number of carbonyl (C=O) groups is 4. The highest BCUT2D eigenvalue weighted by Crippen LogP contribution is 2.37. The molecule has 7 aromatic rings. The summed E-state index contributed by atoms with van der Waals surface area (Å²) in [6.45, 7) is -0.299. The maximum atomic E-state index is 14.5. The van der Waals surface area contributed by atoms with Crippen LogP contribution in [0.15, 0.2) is 212 Å². The third-order valence-electron chi connectivity index (χ3n) is 12.8. The molecule has 77 heavy (non-hydrogen) atoms. The van der Waals surface area contributed by atoms with E-state index in [2.05, 4.69) is 0 Å². The molecular formula is C62H58O15. The van der Waals surface area contributed by atoms with E-state index in [9.17, 15) is 19.2 Å². The molecule has 2 heterocycles. The first-order valence-electron chi connectivity index (χ1n) is 25.2. The van der Waals surface area contributed by atoms with Crippen LogP contribution in [0.4, 0.5) is 0 Å². The van der Waals surface area contributed by atoms with E-state index >= 15 is 0 Å². The molecule has 396 valence electrons. The second-order valence-corrected chi connectivity index (χ2v) is 18.1. The summed E-state index contributed by atoms with van der Waals surface area (Å²) in [5.74, 6) is -3.09. The summed E-state index contributed by atoms with van der Waals surface area (Å²) in [5.41, 5.74) is 3.31. The SMILES string of the molecule is CO[C@H]1O[C@H](COC(=O)c2ccccc2)[C@@H](O[C@@H]2O[C@H](COCc3ccccc3)[C@@H](OCc3ccccc3)[C@H](OCc3ccccc3)[C@H]2OC(=O)c2ccccc2)[C@H](OC(=O)c2ccccc2)[C@H]1OC(=O)c1ccccc1. The van der Waals surface area contributed by atoms with Gasteiger partial charge in [0.05, 0.1) is 48.7 Å². The lowest BCUT2D eigenvalue weighted by Crippen LogP contribution is -2.67. The third kappa shape index (κ3) is 14.5. The molecule has 0 N–H and O–H groups in total. The van der Waals surface area contributed by atoms with Gasteiger partial charge in [-0.2, -0.15) is 0 Å². The van der Waals surface area contributed by atoms with Crippen LogP contribution in [0.25, 0.3) is 0 Å². The number of rotatable bonds is 22. The van der Waals surface area contributed by atoms with E-state index in [4.69, 9.17) is 52.1 Å². The predicted octanol–water partition coefficient (Wildman–Crippen LogP) is 9.39. The molecule has 0 saturated carbocycles. The van der Waals surface area contributed by atoms with Gasteiger partial charge < -0.3 is 52.1 Å². The van der Waals surface area contributed by atoms with E-state index in [1.54, 1.807) is 121 Å². The Bertz CT molecular complexity index is 2920. The van der Waals surface area contributed by atoms with Gasteiger partial charge in [-0.25, -0.2) is 19.2 Å². The Kier molecular flexibility index (Phi) is 19.1. The van der Waals surface area contributed by atoms with Crippen molar-refractivity contribution in [3.8, 4) is 0 Å². The Labute approximate surface area is 446 Å². The van der Waals surface area contributed by atoms with Gasteiger partial charge in [-0.05, 0) is 65.2 Å². The van der Waals surface area contributed by atoms with Crippen LogP contribution in [0.1, 0.15) is 58.1 Å². The number of hydrogen-bond acceptors (Lipinski definition) is 15. The third-order valence-corrected chi connectivity index (χ3v) is 12.8. The van der Waals surface area contributed by atoms with Crippen molar-refractivity contribution in [3.05, 3.63) is 251 Å². The minimum atomic E-state index is -1.63. The lowest BCUT2D eigenvalue weighted by atomic mass is 9.95. The Morgan fingerprint density at radius 3 is 1.16 bits per heavy atom. The molecule has 2 aliphatic rings. The zero-order valence-electron chi connectivity index (χ0n) is 42.1. The summed E-state index contributed by atoms with van der Waals surface area (Å²) in [6, 6.07) is 61.6. The van der Waals surface area contributed by atoms with Crippen molar-refractivity contribution in [3.63, 3.8) is 0 Å². The first kappa shape index (κ1) is 53.9. The highest BCUT2D eigenvalue weighted by atomic mass is 16.8. The fraction of sp³-hybridized carbons (Fsp3) is 0.258. The Morgan fingerprint density at radius 1 is 0.364 bits per heavy atom. The van der Waals surface area contributed by atoms with Gasteiger partial charge in [0.15, 0.2) is 30.9 Å². The molecule has 2 aliphatic heterocycles. The monoisotopic (exact) mass is 1040 g/mol.